The zero-order valence-electron chi connectivity index (χ0n) is 8.84. The summed E-state index contributed by atoms with van der Waals surface area (Å²) in [7, 11) is 0. The minimum atomic E-state index is 0.700. The molecule has 5 heteroatoms. The maximum Gasteiger partial charge on any atom is 0.183 e. The lowest BCUT2D eigenvalue weighted by atomic mass is 10.2. The van der Waals surface area contributed by atoms with E-state index in [1.807, 2.05) is 24.3 Å². The molecule has 0 bridgehead atoms. The third kappa shape index (κ3) is 3.68. The van der Waals surface area contributed by atoms with Gasteiger partial charge >= 0.3 is 0 Å². The number of hydrogen-bond acceptors (Lipinski definition) is 2. The first-order valence-electron chi connectivity index (χ1n) is 5.04. The highest BCUT2D eigenvalue weighted by Gasteiger charge is 2.05. The van der Waals surface area contributed by atoms with E-state index >= 15 is 0 Å². The van der Waals surface area contributed by atoms with Crippen molar-refractivity contribution in [2.24, 2.45) is 0 Å². The molecule has 0 spiro atoms. The Kier molecular flexibility index (Phi) is 4.85. The molecule has 1 heterocycles. The van der Waals surface area contributed by atoms with Gasteiger partial charge in [-0.15, -0.1) is 0 Å². The topological polar surface area (TPSA) is 25.2 Å². The van der Waals surface area contributed by atoms with Crippen LogP contribution in [0.5, 0.6) is 0 Å². The Balaban J connectivity index is 1.90. The largest absolute Gasteiger partial charge is 0.452 e. The Morgan fingerprint density at radius 2 is 1.76 bits per heavy atom. The Hall–Kier alpha value is -0.100. The molecule has 2 aromatic rings. The summed E-state index contributed by atoms with van der Waals surface area (Å²) in [6.07, 6.45) is 0. The second-order valence-corrected chi connectivity index (χ2v) is 5.96. The Morgan fingerprint density at radius 3 is 2.41 bits per heavy atom. The van der Waals surface area contributed by atoms with E-state index < -0.39 is 0 Å². The predicted molar refractivity (Wildman–Crippen MR) is 78.8 cm³/mol. The second kappa shape index (κ2) is 6.18. The molecule has 0 atom stereocenters. The first-order valence-corrected chi connectivity index (χ1v) is 7.42. The average Bonchev–Trinajstić information content (AvgIpc) is 2.61. The van der Waals surface area contributed by atoms with E-state index in [1.165, 1.54) is 5.56 Å². The monoisotopic (exact) mass is 421 g/mol. The Labute approximate surface area is 125 Å². The summed E-state index contributed by atoms with van der Waals surface area (Å²) >= 11 is 10.2. The fourth-order valence-electron chi connectivity index (χ4n) is 1.44. The van der Waals surface area contributed by atoms with E-state index in [2.05, 4.69) is 59.2 Å². The van der Waals surface area contributed by atoms with Crippen molar-refractivity contribution in [3.8, 4) is 0 Å². The number of benzene rings is 1. The summed E-state index contributed by atoms with van der Waals surface area (Å²) in [5.41, 5.74) is 1.23. The number of hydrogen-bond donors (Lipinski definition) is 1. The maximum absolute atomic E-state index is 5.48. The van der Waals surface area contributed by atoms with E-state index in [0.29, 0.717) is 6.54 Å². The maximum atomic E-state index is 5.48. The van der Waals surface area contributed by atoms with Gasteiger partial charge in [-0.3, -0.25) is 0 Å². The van der Waals surface area contributed by atoms with Crippen LogP contribution in [-0.2, 0) is 13.1 Å². The Bertz CT molecular complexity index is 491. The van der Waals surface area contributed by atoms with Crippen LogP contribution in [0.15, 0.2) is 48.4 Å². The average molecular weight is 424 g/mol. The Morgan fingerprint density at radius 1 is 1.00 bits per heavy atom. The SMILES string of the molecule is Brc1ccccc1CNCc1cc(Br)c(Br)o1. The van der Waals surface area contributed by atoms with E-state index in [1.54, 1.807) is 0 Å². The normalized spacial score (nSPS) is 10.8. The van der Waals surface area contributed by atoms with Gasteiger partial charge in [-0.25, -0.2) is 0 Å². The molecule has 2 nitrogen and oxygen atoms in total. The molecule has 2 rings (SSSR count). The summed E-state index contributed by atoms with van der Waals surface area (Å²) in [5, 5.41) is 3.33. The van der Waals surface area contributed by atoms with Crippen LogP contribution in [0.25, 0.3) is 0 Å². The molecule has 0 radical (unpaired) electrons. The molecule has 1 N–H and O–H groups in total. The van der Waals surface area contributed by atoms with Crippen molar-refractivity contribution in [3.05, 3.63) is 55.3 Å². The van der Waals surface area contributed by atoms with Crippen molar-refractivity contribution < 1.29 is 4.42 Å². The van der Waals surface area contributed by atoms with Gasteiger partial charge in [0.25, 0.3) is 0 Å². The summed E-state index contributed by atoms with van der Waals surface area (Å²) < 4.78 is 8.27. The fourth-order valence-corrected chi connectivity index (χ4v) is 2.52. The lowest BCUT2D eigenvalue weighted by Crippen LogP contribution is -2.12. The van der Waals surface area contributed by atoms with Crippen LogP contribution < -0.4 is 5.32 Å². The third-order valence-electron chi connectivity index (χ3n) is 2.27. The molecule has 1 aromatic heterocycles. The second-order valence-electron chi connectivity index (χ2n) is 3.53. The van der Waals surface area contributed by atoms with Crippen molar-refractivity contribution in [1.29, 1.82) is 0 Å². The van der Waals surface area contributed by atoms with E-state index in [0.717, 1.165) is 25.9 Å². The van der Waals surface area contributed by atoms with Crippen molar-refractivity contribution in [2.45, 2.75) is 13.1 Å². The first-order chi connectivity index (χ1) is 8.16. The molecular weight excluding hydrogens is 414 g/mol. The number of nitrogens with one attached hydrogen (secondary N) is 1. The fraction of sp³-hybridized carbons (Fsp3) is 0.167. The summed E-state index contributed by atoms with van der Waals surface area (Å²) in [6, 6.07) is 10.1. The van der Waals surface area contributed by atoms with E-state index in [-0.39, 0.29) is 0 Å². The lowest BCUT2D eigenvalue weighted by Gasteiger charge is -2.04. The van der Waals surface area contributed by atoms with Gasteiger partial charge in [0.2, 0.25) is 0 Å². The minimum absolute atomic E-state index is 0.700. The van der Waals surface area contributed by atoms with Crippen molar-refractivity contribution in [3.63, 3.8) is 0 Å². The van der Waals surface area contributed by atoms with Gasteiger partial charge in [-0.2, -0.15) is 0 Å². The number of rotatable bonds is 4. The van der Waals surface area contributed by atoms with Crippen LogP contribution in [0.1, 0.15) is 11.3 Å². The van der Waals surface area contributed by atoms with Gasteiger partial charge in [0.15, 0.2) is 4.67 Å². The first kappa shape index (κ1) is 13.3. The zero-order valence-corrected chi connectivity index (χ0v) is 13.6. The van der Waals surface area contributed by atoms with Gasteiger partial charge in [0.1, 0.15) is 5.76 Å². The van der Waals surface area contributed by atoms with Gasteiger partial charge < -0.3 is 9.73 Å². The molecular formula is C12H10Br3NO. The molecule has 0 amide bonds. The van der Waals surface area contributed by atoms with Crippen LogP contribution in [0.2, 0.25) is 0 Å². The molecule has 90 valence electrons. The molecule has 1 aromatic carbocycles. The van der Waals surface area contributed by atoms with Crippen molar-refractivity contribution in [1.82, 2.24) is 5.32 Å². The molecule has 0 fully saturated rings. The van der Waals surface area contributed by atoms with Gasteiger partial charge in [0, 0.05) is 11.0 Å². The van der Waals surface area contributed by atoms with E-state index in [9.17, 15) is 0 Å². The van der Waals surface area contributed by atoms with Crippen LogP contribution in [0.4, 0.5) is 0 Å². The zero-order chi connectivity index (χ0) is 12.3. The quantitative estimate of drug-likeness (QED) is 0.760. The van der Waals surface area contributed by atoms with Crippen LogP contribution >= 0.6 is 47.8 Å². The van der Waals surface area contributed by atoms with Crippen molar-refractivity contribution >= 4 is 47.8 Å². The van der Waals surface area contributed by atoms with Gasteiger partial charge in [-0.1, -0.05) is 34.1 Å². The molecule has 0 aliphatic heterocycles. The molecule has 0 aliphatic carbocycles. The predicted octanol–water partition coefficient (Wildman–Crippen LogP) is 4.86. The number of halogens is 3. The summed E-state index contributed by atoms with van der Waals surface area (Å²) in [4.78, 5) is 0. The van der Waals surface area contributed by atoms with Crippen LogP contribution in [0.3, 0.4) is 0 Å². The van der Waals surface area contributed by atoms with Crippen molar-refractivity contribution in [2.75, 3.05) is 0 Å². The molecule has 0 aliphatic rings. The third-order valence-corrected chi connectivity index (χ3v) is 4.75. The molecule has 0 saturated heterocycles. The highest BCUT2D eigenvalue weighted by Crippen LogP contribution is 2.26. The van der Waals surface area contributed by atoms with Gasteiger partial charge in [0.05, 0.1) is 11.0 Å². The minimum Gasteiger partial charge on any atom is -0.452 e. The molecule has 0 unspecified atom stereocenters. The lowest BCUT2D eigenvalue weighted by molar-refractivity contribution is 0.464. The van der Waals surface area contributed by atoms with Gasteiger partial charge in [-0.05, 0) is 49.6 Å². The smallest absolute Gasteiger partial charge is 0.183 e. The van der Waals surface area contributed by atoms with Crippen LogP contribution in [0, 0.1) is 0 Å². The summed E-state index contributed by atoms with van der Waals surface area (Å²) in [5.74, 6) is 0.899. The molecule has 17 heavy (non-hydrogen) atoms. The highest BCUT2D eigenvalue weighted by molar-refractivity contribution is 9.13. The number of furan rings is 1. The highest BCUT2D eigenvalue weighted by atomic mass is 79.9. The van der Waals surface area contributed by atoms with E-state index in [4.69, 9.17) is 4.42 Å². The molecule has 0 saturated carbocycles. The standard InChI is InChI=1S/C12H10Br3NO/c13-10-4-2-1-3-8(10)6-16-7-9-5-11(14)12(15)17-9/h1-5,16H,6-7H2. The summed E-state index contributed by atoms with van der Waals surface area (Å²) in [6.45, 7) is 1.50. The van der Waals surface area contributed by atoms with Crippen LogP contribution in [-0.4, -0.2) is 0 Å².